The van der Waals surface area contributed by atoms with E-state index in [9.17, 15) is 0 Å². The van der Waals surface area contributed by atoms with Crippen LogP contribution in [-0.4, -0.2) is 26.6 Å². The Hall–Kier alpha value is -3.97. The topological polar surface area (TPSA) is 120 Å². The number of benzene rings is 3. The first-order chi connectivity index (χ1) is 17.1. The van der Waals surface area contributed by atoms with Crippen LogP contribution in [0.5, 0.6) is 0 Å². The van der Waals surface area contributed by atoms with Gasteiger partial charge in [0.25, 0.3) is 5.89 Å². The van der Waals surface area contributed by atoms with Crippen molar-refractivity contribution in [3.05, 3.63) is 83.7 Å². The Bertz CT molecular complexity index is 1530. The number of aromatic nitrogens is 3. The van der Waals surface area contributed by atoms with E-state index in [4.69, 9.17) is 21.3 Å². The van der Waals surface area contributed by atoms with Crippen molar-refractivity contribution in [2.75, 3.05) is 0 Å². The molecule has 35 heavy (non-hydrogen) atoms. The molecule has 2 heterocycles. The number of hydrogen-bond acceptors (Lipinski definition) is 5. The molecule has 3 aromatic carbocycles. The first-order valence-corrected chi connectivity index (χ1v) is 12.1. The lowest BCUT2D eigenvalue weighted by molar-refractivity contribution is 0.341. The van der Waals surface area contributed by atoms with E-state index in [2.05, 4.69) is 63.3 Å². The molecule has 2 aromatic heterocycles. The molecule has 0 bridgehead atoms. The third-order valence-electron chi connectivity index (χ3n) is 7.20. The number of nitrogens with zero attached hydrogens (tertiary/aromatic N) is 3. The van der Waals surface area contributed by atoms with Crippen LogP contribution >= 0.6 is 0 Å². The van der Waals surface area contributed by atoms with E-state index in [0.29, 0.717) is 23.9 Å². The lowest BCUT2D eigenvalue weighted by Crippen LogP contribution is -2.25. The summed E-state index contributed by atoms with van der Waals surface area (Å²) in [6.07, 6.45) is 3.92. The number of nitrogens with two attached hydrogens (primary N) is 2. The van der Waals surface area contributed by atoms with Crippen molar-refractivity contribution in [2.24, 2.45) is 11.5 Å². The summed E-state index contributed by atoms with van der Waals surface area (Å²) >= 11 is 0. The Morgan fingerprint density at radius 3 is 2.57 bits per heavy atom. The molecule has 0 amide bonds. The predicted molar refractivity (Wildman–Crippen MR) is 138 cm³/mol. The van der Waals surface area contributed by atoms with Gasteiger partial charge in [-0.15, -0.1) is 10.2 Å². The van der Waals surface area contributed by atoms with Crippen LogP contribution in [0.25, 0.3) is 33.3 Å². The maximum absolute atomic E-state index is 7.93. The van der Waals surface area contributed by atoms with Crippen LogP contribution < -0.4 is 11.5 Å². The molecule has 6 rings (SSSR count). The number of amidine groups is 1. The van der Waals surface area contributed by atoms with E-state index < -0.39 is 0 Å². The zero-order valence-corrected chi connectivity index (χ0v) is 19.4. The summed E-state index contributed by atoms with van der Waals surface area (Å²) in [5.74, 6) is 1.51. The van der Waals surface area contributed by atoms with Gasteiger partial charge in [-0.05, 0) is 54.2 Å². The molecule has 0 spiro atoms. The molecule has 5 N–H and O–H groups in total. The predicted octanol–water partition coefficient (Wildman–Crippen LogP) is 5.16. The summed E-state index contributed by atoms with van der Waals surface area (Å²) in [7, 11) is 0. The van der Waals surface area contributed by atoms with Crippen molar-refractivity contribution in [3.8, 4) is 11.6 Å². The average Bonchev–Trinajstić information content (AvgIpc) is 3.50. The number of nitrogen functional groups attached to an aromatic ring is 1. The minimum atomic E-state index is 0.0435. The lowest BCUT2D eigenvalue weighted by atomic mass is 9.86. The summed E-state index contributed by atoms with van der Waals surface area (Å²) in [6, 6.07) is 22.9. The highest BCUT2D eigenvalue weighted by Crippen LogP contribution is 2.35. The van der Waals surface area contributed by atoms with Crippen molar-refractivity contribution in [1.82, 2.24) is 14.8 Å². The fourth-order valence-electron chi connectivity index (χ4n) is 5.24. The van der Waals surface area contributed by atoms with Crippen molar-refractivity contribution in [2.45, 2.75) is 44.2 Å². The molecular weight excluding hydrogens is 436 g/mol. The molecule has 0 saturated heterocycles. The average molecular weight is 465 g/mol. The Morgan fingerprint density at radius 1 is 0.943 bits per heavy atom. The fourth-order valence-corrected chi connectivity index (χ4v) is 5.24. The molecule has 0 radical (unpaired) electrons. The van der Waals surface area contributed by atoms with Gasteiger partial charge in [0.05, 0.1) is 0 Å². The summed E-state index contributed by atoms with van der Waals surface area (Å²) in [5, 5.41) is 20.3. The lowest BCUT2D eigenvalue weighted by Gasteiger charge is -2.23. The quantitative estimate of drug-likeness (QED) is 0.245. The first-order valence-electron chi connectivity index (χ1n) is 12.1. The molecule has 1 aliphatic carbocycles. The summed E-state index contributed by atoms with van der Waals surface area (Å²) in [4.78, 5) is 0. The van der Waals surface area contributed by atoms with E-state index in [1.807, 2.05) is 18.2 Å². The van der Waals surface area contributed by atoms with Crippen LogP contribution in [0, 0.1) is 5.41 Å². The molecule has 0 atom stereocenters. The van der Waals surface area contributed by atoms with Crippen LogP contribution in [0.2, 0.25) is 0 Å². The van der Waals surface area contributed by atoms with Crippen LogP contribution in [0.1, 0.15) is 48.6 Å². The second-order valence-corrected chi connectivity index (χ2v) is 9.50. The third-order valence-corrected chi connectivity index (χ3v) is 7.20. The van der Waals surface area contributed by atoms with Crippen molar-refractivity contribution < 1.29 is 4.42 Å². The van der Waals surface area contributed by atoms with Gasteiger partial charge < -0.3 is 20.5 Å². The molecule has 5 aromatic rings. The maximum Gasteiger partial charge on any atom is 0.264 e. The highest BCUT2D eigenvalue weighted by molar-refractivity contribution is 5.99. The Morgan fingerprint density at radius 2 is 1.74 bits per heavy atom. The largest absolute Gasteiger partial charge is 0.419 e. The minimum absolute atomic E-state index is 0.0435. The highest BCUT2D eigenvalue weighted by Gasteiger charge is 2.26. The molecule has 0 aliphatic heterocycles. The summed E-state index contributed by atoms with van der Waals surface area (Å²) in [5.41, 5.74) is 15.6. The van der Waals surface area contributed by atoms with E-state index >= 15 is 0 Å². The smallest absolute Gasteiger partial charge is 0.264 e. The van der Waals surface area contributed by atoms with E-state index in [1.54, 1.807) is 0 Å². The zero-order chi connectivity index (χ0) is 23.9. The van der Waals surface area contributed by atoms with Crippen molar-refractivity contribution >= 4 is 27.5 Å². The van der Waals surface area contributed by atoms with Gasteiger partial charge in [0.1, 0.15) is 11.5 Å². The van der Waals surface area contributed by atoms with E-state index in [-0.39, 0.29) is 17.8 Å². The fraction of sp³-hybridized carbons (Fsp3) is 0.250. The van der Waals surface area contributed by atoms with Crippen LogP contribution in [0.4, 0.5) is 0 Å². The molecule has 1 fully saturated rings. The molecule has 176 valence electrons. The van der Waals surface area contributed by atoms with Crippen LogP contribution in [-0.2, 0) is 6.54 Å². The normalized spacial score (nSPS) is 18.3. The number of nitrogens with one attached hydrogen (secondary N) is 1. The number of hydrogen-bond donors (Lipinski definition) is 3. The third kappa shape index (κ3) is 3.98. The molecule has 1 aliphatic rings. The van der Waals surface area contributed by atoms with E-state index in [0.717, 1.165) is 42.3 Å². The van der Waals surface area contributed by atoms with Crippen LogP contribution in [0.15, 0.2) is 71.1 Å². The van der Waals surface area contributed by atoms with Gasteiger partial charge in [-0.2, -0.15) is 0 Å². The second kappa shape index (κ2) is 8.67. The number of fused-ring (bicyclic) bond motifs is 2. The molecule has 0 unspecified atom stereocenters. The second-order valence-electron chi connectivity index (χ2n) is 9.50. The Balaban J connectivity index is 1.47. The Kier molecular flexibility index (Phi) is 5.34. The molecule has 1 saturated carbocycles. The molecular formula is C28H28N6O. The van der Waals surface area contributed by atoms with Gasteiger partial charge in [0.2, 0.25) is 5.89 Å². The Labute approximate surface area is 203 Å². The molecule has 7 heteroatoms. The SMILES string of the molecule is N=C(N)c1ccc2cc(-c3nnc([C@H]4CC[C@H](N)CC4)o3)n(Cc3cccc4ccccc34)c2c1. The monoisotopic (exact) mass is 464 g/mol. The standard InChI is InChI=1S/C28H28N6O/c29-22-12-10-18(11-13-22)27-32-33-28(35-27)25-14-19-8-9-20(26(30)31)15-24(19)34(25)16-21-6-3-5-17-4-1-2-7-23(17)21/h1-9,14-15,18,22H,10-13,16,29H2,(H3,30,31)/t18-,22-. The van der Waals surface area contributed by atoms with Gasteiger partial charge in [-0.1, -0.05) is 54.6 Å². The maximum atomic E-state index is 7.93. The van der Waals surface area contributed by atoms with Crippen molar-refractivity contribution in [3.63, 3.8) is 0 Å². The summed E-state index contributed by atoms with van der Waals surface area (Å²) in [6.45, 7) is 0.623. The molecule has 7 nitrogen and oxygen atoms in total. The van der Waals surface area contributed by atoms with Gasteiger partial charge in [0.15, 0.2) is 0 Å². The van der Waals surface area contributed by atoms with E-state index in [1.165, 1.54) is 16.3 Å². The highest BCUT2D eigenvalue weighted by atomic mass is 16.4. The van der Waals surface area contributed by atoms with Gasteiger partial charge in [-0.3, -0.25) is 5.41 Å². The van der Waals surface area contributed by atoms with Gasteiger partial charge in [-0.25, -0.2) is 0 Å². The van der Waals surface area contributed by atoms with Crippen molar-refractivity contribution in [1.29, 1.82) is 5.41 Å². The van der Waals surface area contributed by atoms with Gasteiger partial charge in [0, 0.05) is 35.0 Å². The van der Waals surface area contributed by atoms with Gasteiger partial charge >= 0.3 is 0 Å². The first kappa shape index (κ1) is 21.6. The summed E-state index contributed by atoms with van der Waals surface area (Å²) < 4.78 is 8.46. The minimum Gasteiger partial charge on any atom is -0.419 e. The zero-order valence-electron chi connectivity index (χ0n) is 19.4. The van der Waals surface area contributed by atoms with Crippen LogP contribution in [0.3, 0.4) is 0 Å². The number of rotatable bonds is 5.